The molecule has 1 heterocycles. The molecule has 6 heteroatoms. The molecule has 0 aromatic rings. The Kier molecular flexibility index (Phi) is 4.48. The van der Waals surface area contributed by atoms with Crippen LogP contribution in [0.25, 0.3) is 0 Å². The lowest BCUT2D eigenvalue weighted by Crippen LogP contribution is -2.37. The van der Waals surface area contributed by atoms with Gasteiger partial charge in [0.25, 0.3) is 0 Å². The molecule has 1 aliphatic heterocycles. The maximum atomic E-state index is 11.7. The average molecular weight is 241 g/mol. The van der Waals surface area contributed by atoms with Gasteiger partial charge in [-0.3, -0.25) is 14.5 Å². The van der Waals surface area contributed by atoms with Crippen LogP contribution in [0.2, 0.25) is 0 Å². The van der Waals surface area contributed by atoms with Crippen molar-refractivity contribution >= 4 is 17.8 Å². The van der Waals surface area contributed by atoms with Gasteiger partial charge in [-0.25, -0.2) is 4.79 Å². The zero-order valence-electron chi connectivity index (χ0n) is 10.6. The van der Waals surface area contributed by atoms with Crippen LogP contribution in [0.3, 0.4) is 0 Å². The fraction of sp³-hybridized carbons (Fsp3) is 0.727. The van der Waals surface area contributed by atoms with Crippen molar-refractivity contribution in [2.45, 2.75) is 20.3 Å². The summed E-state index contributed by atoms with van der Waals surface area (Å²) in [6.07, 6.45) is 0.201. The van der Waals surface area contributed by atoms with Crippen molar-refractivity contribution in [1.82, 2.24) is 14.7 Å². The lowest BCUT2D eigenvalue weighted by atomic mass is 10.3. The highest BCUT2D eigenvalue weighted by molar-refractivity contribution is 6.02. The van der Waals surface area contributed by atoms with E-state index in [1.165, 1.54) is 4.90 Å². The minimum Gasteiger partial charge on any atom is -0.343 e. The zero-order valence-corrected chi connectivity index (χ0v) is 10.6. The van der Waals surface area contributed by atoms with Crippen molar-refractivity contribution in [3.8, 4) is 0 Å². The van der Waals surface area contributed by atoms with Crippen LogP contribution in [0.15, 0.2) is 0 Å². The summed E-state index contributed by atoms with van der Waals surface area (Å²) in [5.41, 5.74) is 0. The van der Waals surface area contributed by atoms with E-state index in [-0.39, 0.29) is 37.4 Å². The zero-order chi connectivity index (χ0) is 13.0. The minimum absolute atomic E-state index is 0.0230. The van der Waals surface area contributed by atoms with Gasteiger partial charge in [0.1, 0.15) is 6.54 Å². The van der Waals surface area contributed by atoms with E-state index >= 15 is 0 Å². The van der Waals surface area contributed by atoms with Crippen LogP contribution in [0.5, 0.6) is 0 Å². The molecule has 0 radical (unpaired) electrons. The number of imide groups is 1. The molecule has 0 aromatic heterocycles. The Morgan fingerprint density at radius 3 is 2.29 bits per heavy atom. The van der Waals surface area contributed by atoms with E-state index in [4.69, 9.17) is 0 Å². The molecular formula is C11H19N3O3. The van der Waals surface area contributed by atoms with Gasteiger partial charge in [0.15, 0.2) is 0 Å². The predicted molar refractivity (Wildman–Crippen MR) is 62.3 cm³/mol. The molecule has 0 aliphatic carbocycles. The number of carbonyl (C=O) groups excluding carboxylic acids is 3. The van der Waals surface area contributed by atoms with Gasteiger partial charge >= 0.3 is 6.03 Å². The summed E-state index contributed by atoms with van der Waals surface area (Å²) in [5, 5.41) is 0. The fourth-order valence-electron chi connectivity index (χ4n) is 1.83. The molecule has 0 spiro atoms. The van der Waals surface area contributed by atoms with Crippen molar-refractivity contribution in [1.29, 1.82) is 0 Å². The standard InChI is InChI=1S/C11H19N3O3/c1-4-13(5-2)9(15)6-7-14-10(16)8-12(3)11(14)17/h4-8H2,1-3H3. The highest BCUT2D eigenvalue weighted by atomic mass is 16.2. The average Bonchev–Trinajstić information content (AvgIpc) is 2.53. The van der Waals surface area contributed by atoms with Gasteiger partial charge in [-0.15, -0.1) is 0 Å². The Balaban J connectivity index is 2.48. The normalized spacial score (nSPS) is 15.7. The number of hydrogen-bond acceptors (Lipinski definition) is 3. The lowest BCUT2D eigenvalue weighted by molar-refractivity contribution is -0.131. The number of nitrogens with zero attached hydrogens (tertiary/aromatic N) is 3. The number of rotatable bonds is 5. The molecule has 6 nitrogen and oxygen atoms in total. The van der Waals surface area contributed by atoms with Crippen LogP contribution >= 0.6 is 0 Å². The first-order valence-corrected chi connectivity index (χ1v) is 5.84. The van der Waals surface area contributed by atoms with Crippen molar-refractivity contribution in [3.63, 3.8) is 0 Å². The summed E-state index contributed by atoms with van der Waals surface area (Å²) in [7, 11) is 1.58. The third-order valence-corrected chi connectivity index (χ3v) is 2.90. The molecule has 4 amide bonds. The maximum Gasteiger partial charge on any atom is 0.326 e. The second-order valence-corrected chi connectivity index (χ2v) is 4.00. The second-order valence-electron chi connectivity index (χ2n) is 4.00. The Labute approximate surface area is 101 Å². The monoisotopic (exact) mass is 241 g/mol. The quantitative estimate of drug-likeness (QED) is 0.643. The fourth-order valence-corrected chi connectivity index (χ4v) is 1.83. The summed E-state index contributed by atoms with van der Waals surface area (Å²) < 4.78 is 0. The molecular weight excluding hydrogens is 222 g/mol. The molecule has 0 aromatic carbocycles. The molecule has 0 unspecified atom stereocenters. The molecule has 17 heavy (non-hydrogen) atoms. The number of likely N-dealkylation sites (N-methyl/N-ethyl adjacent to an activating group) is 1. The van der Waals surface area contributed by atoms with E-state index in [0.29, 0.717) is 13.1 Å². The maximum absolute atomic E-state index is 11.7. The number of amides is 4. The summed E-state index contributed by atoms with van der Waals surface area (Å²) in [6.45, 7) is 5.40. The SMILES string of the molecule is CCN(CC)C(=O)CCN1C(=O)CN(C)C1=O. The second kappa shape index (κ2) is 5.65. The smallest absolute Gasteiger partial charge is 0.326 e. The van der Waals surface area contributed by atoms with Crippen LogP contribution in [0, 0.1) is 0 Å². The first-order chi connectivity index (χ1) is 8.01. The van der Waals surface area contributed by atoms with Gasteiger partial charge in [-0.05, 0) is 13.8 Å². The van der Waals surface area contributed by atoms with Gasteiger partial charge < -0.3 is 9.80 Å². The summed E-state index contributed by atoms with van der Waals surface area (Å²) in [4.78, 5) is 38.9. The van der Waals surface area contributed by atoms with E-state index < -0.39 is 0 Å². The third-order valence-electron chi connectivity index (χ3n) is 2.90. The molecule has 0 N–H and O–H groups in total. The van der Waals surface area contributed by atoms with Crippen molar-refractivity contribution < 1.29 is 14.4 Å². The van der Waals surface area contributed by atoms with E-state index in [1.807, 2.05) is 13.8 Å². The van der Waals surface area contributed by atoms with Crippen LogP contribution in [0.1, 0.15) is 20.3 Å². The lowest BCUT2D eigenvalue weighted by Gasteiger charge is -2.20. The summed E-state index contributed by atoms with van der Waals surface area (Å²) >= 11 is 0. The number of urea groups is 1. The summed E-state index contributed by atoms with van der Waals surface area (Å²) in [6, 6.07) is -0.317. The Hall–Kier alpha value is -1.59. The largest absolute Gasteiger partial charge is 0.343 e. The van der Waals surface area contributed by atoms with Crippen molar-refractivity contribution in [2.24, 2.45) is 0 Å². The van der Waals surface area contributed by atoms with Gasteiger partial charge in [-0.2, -0.15) is 0 Å². The first-order valence-electron chi connectivity index (χ1n) is 5.84. The molecule has 1 saturated heterocycles. The molecule has 1 fully saturated rings. The molecule has 0 atom stereocenters. The van der Waals surface area contributed by atoms with Gasteiger partial charge in [0.05, 0.1) is 0 Å². The molecule has 96 valence electrons. The van der Waals surface area contributed by atoms with E-state index in [9.17, 15) is 14.4 Å². The van der Waals surface area contributed by atoms with Crippen LogP contribution in [0.4, 0.5) is 4.79 Å². The predicted octanol–water partition coefficient (Wildman–Crippen LogP) is 0.139. The number of carbonyl (C=O) groups is 3. The van der Waals surface area contributed by atoms with Crippen LogP contribution in [-0.4, -0.2) is 65.8 Å². The van der Waals surface area contributed by atoms with Crippen LogP contribution in [-0.2, 0) is 9.59 Å². The van der Waals surface area contributed by atoms with Gasteiger partial charge in [-0.1, -0.05) is 0 Å². The van der Waals surface area contributed by atoms with E-state index in [2.05, 4.69) is 0 Å². The van der Waals surface area contributed by atoms with Crippen LogP contribution < -0.4 is 0 Å². The highest BCUT2D eigenvalue weighted by Gasteiger charge is 2.33. The molecule has 1 aliphatic rings. The Morgan fingerprint density at radius 1 is 1.29 bits per heavy atom. The molecule has 0 saturated carbocycles. The van der Waals surface area contributed by atoms with Crippen molar-refractivity contribution in [3.05, 3.63) is 0 Å². The topological polar surface area (TPSA) is 60.9 Å². The minimum atomic E-state index is -0.317. The number of hydrogen-bond donors (Lipinski definition) is 0. The van der Waals surface area contributed by atoms with Gasteiger partial charge in [0.2, 0.25) is 11.8 Å². The Morgan fingerprint density at radius 2 is 1.88 bits per heavy atom. The first kappa shape index (κ1) is 13.5. The Bertz CT molecular complexity index is 326. The molecule has 1 rings (SSSR count). The highest BCUT2D eigenvalue weighted by Crippen LogP contribution is 2.08. The third kappa shape index (κ3) is 2.95. The molecule has 0 bridgehead atoms. The van der Waals surface area contributed by atoms with E-state index in [1.54, 1.807) is 11.9 Å². The van der Waals surface area contributed by atoms with E-state index in [0.717, 1.165) is 4.90 Å². The summed E-state index contributed by atoms with van der Waals surface area (Å²) in [5.74, 6) is -0.255. The van der Waals surface area contributed by atoms with Crippen molar-refractivity contribution in [2.75, 3.05) is 33.2 Å². The van der Waals surface area contributed by atoms with Gasteiger partial charge in [0, 0.05) is 33.1 Å².